The second-order valence-corrected chi connectivity index (χ2v) is 3.20. The van der Waals surface area contributed by atoms with E-state index in [1.165, 1.54) is 18.6 Å². The van der Waals surface area contributed by atoms with E-state index in [4.69, 9.17) is 9.47 Å². The monoisotopic (exact) mass is 224 g/mol. The number of unbranched alkanes of at least 4 members (excludes halogenated alkanes) is 1. The highest BCUT2D eigenvalue weighted by atomic mass is 16.6. The summed E-state index contributed by atoms with van der Waals surface area (Å²) in [6.07, 6.45) is 4.94. The van der Waals surface area contributed by atoms with Crippen molar-refractivity contribution >= 4 is 5.97 Å². The van der Waals surface area contributed by atoms with Gasteiger partial charge < -0.3 is 9.47 Å². The van der Waals surface area contributed by atoms with Gasteiger partial charge in [0.2, 0.25) is 0 Å². The summed E-state index contributed by atoms with van der Waals surface area (Å²) in [5, 5.41) is 0. The lowest BCUT2D eigenvalue weighted by atomic mass is 10.4. The number of carbonyl (C=O) groups excluding carboxylic acids is 1. The Kier molecular flexibility index (Phi) is 6.10. The van der Waals surface area contributed by atoms with Crippen molar-refractivity contribution in [1.29, 1.82) is 0 Å². The third-order valence-electron chi connectivity index (χ3n) is 1.89. The fourth-order valence-electron chi connectivity index (χ4n) is 1.03. The number of aromatic nitrogens is 2. The van der Waals surface area contributed by atoms with Gasteiger partial charge in [-0.05, 0) is 12.5 Å². The Morgan fingerprint density at radius 2 is 2.25 bits per heavy atom. The van der Waals surface area contributed by atoms with E-state index < -0.39 is 5.97 Å². The highest BCUT2D eigenvalue weighted by Gasteiger charge is 2.06. The molecule has 0 aliphatic carbocycles. The van der Waals surface area contributed by atoms with Crippen molar-refractivity contribution in [3.63, 3.8) is 0 Å². The van der Waals surface area contributed by atoms with Gasteiger partial charge in [-0.2, -0.15) is 0 Å². The molecule has 0 atom stereocenters. The van der Waals surface area contributed by atoms with Gasteiger partial charge in [0, 0.05) is 12.8 Å². The predicted molar refractivity (Wildman–Crippen MR) is 58.0 cm³/mol. The van der Waals surface area contributed by atoms with Gasteiger partial charge in [0.1, 0.15) is 12.9 Å². The summed E-state index contributed by atoms with van der Waals surface area (Å²) < 4.78 is 10.2. The van der Waals surface area contributed by atoms with Gasteiger partial charge in [0.25, 0.3) is 0 Å². The molecule has 5 heteroatoms. The van der Waals surface area contributed by atoms with Crippen molar-refractivity contribution < 1.29 is 14.3 Å². The van der Waals surface area contributed by atoms with Crippen LogP contribution in [0.2, 0.25) is 0 Å². The van der Waals surface area contributed by atoms with Crippen LogP contribution in [0.25, 0.3) is 0 Å². The molecule has 0 unspecified atom stereocenters. The predicted octanol–water partition coefficient (Wildman–Crippen LogP) is 1.45. The first-order chi connectivity index (χ1) is 7.84. The second kappa shape index (κ2) is 7.76. The number of carbonyl (C=O) groups is 1. The Labute approximate surface area is 94.8 Å². The van der Waals surface area contributed by atoms with Gasteiger partial charge >= 0.3 is 5.97 Å². The lowest BCUT2D eigenvalue weighted by Crippen LogP contribution is -2.12. The van der Waals surface area contributed by atoms with E-state index in [0.29, 0.717) is 13.2 Å². The number of rotatable bonds is 7. The standard InChI is InChI=1S/C11H16N2O3/c1-2-3-6-15-7-8-16-11(14)10-4-5-12-9-13-10/h4-5,9H,2-3,6-8H2,1H3. The largest absolute Gasteiger partial charge is 0.459 e. The average Bonchev–Trinajstić information content (AvgIpc) is 2.34. The minimum absolute atomic E-state index is 0.256. The Morgan fingerprint density at radius 3 is 2.94 bits per heavy atom. The summed E-state index contributed by atoms with van der Waals surface area (Å²) in [4.78, 5) is 18.9. The zero-order valence-electron chi connectivity index (χ0n) is 9.39. The number of nitrogens with zero attached hydrogens (tertiary/aromatic N) is 2. The summed E-state index contributed by atoms with van der Waals surface area (Å²) in [7, 11) is 0. The summed E-state index contributed by atoms with van der Waals surface area (Å²) in [6, 6.07) is 1.51. The molecule has 0 amide bonds. The molecular formula is C11H16N2O3. The number of hydrogen-bond donors (Lipinski definition) is 0. The van der Waals surface area contributed by atoms with Gasteiger partial charge in [0.05, 0.1) is 6.61 Å². The molecule has 16 heavy (non-hydrogen) atoms. The van der Waals surface area contributed by atoms with Crippen LogP contribution in [0.4, 0.5) is 0 Å². The van der Waals surface area contributed by atoms with Gasteiger partial charge in [0.15, 0.2) is 5.69 Å². The van der Waals surface area contributed by atoms with Crippen LogP contribution in [0.15, 0.2) is 18.6 Å². The molecular weight excluding hydrogens is 208 g/mol. The highest BCUT2D eigenvalue weighted by Crippen LogP contribution is 1.95. The number of esters is 1. The maximum Gasteiger partial charge on any atom is 0.357 e. The molecule has 0 aliphatic heterocycles. The quantitative estimate of drug-likeness (QED) is 0.518. The smallest absolute Gasteiger partial charge is 0.357 e. The van der Waals surface area contributed by atoms with Gasteiger partial charge in [-0.1, -0.05) is 13.3 Å². The normalized spacial score (nSPS) is 10.1. The second-order valence-electron chi connectivity index (χ2n) is 3.20. The van der Waals surface area contributed by atoms with Crippen LogP contribution in [-0.4, -0.2) is 35.8 Å². The van der Waals surface area contributed by atoms with Crippen LogP contribution in [-0.2, 0) is 9.47 Å². The van der Waals surface area contributed by atoms with E-state index in [2.05, 4.69) is 16.9 Å². The molecule has 0 aliphatic rings. The maximum absolute atomic E-state index is 11.4. The lowest BCUT2D eigenvalue weighted by molar-refractivity contribution is 0.0308. The van der Waals surface area contributed by atoms with E-state index in [-0.39, 0.29) is 12.3 Å². The SMILES string of the molecule is CCCCOCCOC(=O)c1ccncn1. The van der Waals surface area contributed by atoms with Crippen molar-refractivity contribution in [2.75, 3.05) is 19.8 Å². The van der Waals surface area contributed by atoms with Crippen LogP contribution < -0.4 is 0 Å². The summed E-state index contributed by atoms with van der Waals surface area (Å²) in [5.74, 6) is -0.443. The van der Waals surface area contributed by atoms with Crippen molar-refractivity contribution in [3.8, 4) is 0 Å². The summed E-state index contributed by atoms with van der Waals surface area (Å²) in [6.45, 7) is 3.49. The van der Waals surface area contributed by atoms with Crippen LogP contribution in [0.5, 0.6) is 0 Å². The Hall–Kier alpha value is -1.49. The lowest BCUT2D eigenvalue weighted by Gasteiger charge is -2.04. The highest BCUT2D eigenvalue weighted by molar-refractivity contribution is 5.86. The Balaban J connectivity index is 2.12. The van der Waals surface area contributed by atoms with Crippen LogP contribution in [0.1, 0.15) is 30.3 Å². The zero-order chi connectivity index (χ0) is 11.6. The molecule has 1 heterocycles. The van der Waals surface area contributed by atoms with Crippen molar-refractivity contribution in [1.82, 2.24) is 9.97 Å². The van der Waals surface area contributed by atoms with E-state index in [0.717, 1.165) is 12.8 Å². The molecule has 0 spiro atoms. The molecule has 0 aromatic carbocycles. The fraction of sp³-hybridized carbons (Fsp3) is 0.545. The minimum Gasteiger partial charge on any atom is -0.459 e. The van der Waals surface area contributed by atoms with E-state index >= 15 is 0 Å². The first kappa shape index (κ1) is 12.6. The van der Waals surface area contributed by atoms with Gasteiger partial charge in [-0.25, -0.2) is 14.8 Å². The first-order valence-corrected chi connectivity index (χ1v) is 5.35. The molecule has 0 bridgehead atoms. The van der Waals surface area contributed by atoms with Crippen LogP contribution in [0, 0.1) is 0 Å². The molecule has 0 N–H and O–H groups in total. The molecule has 88 valence electrons. The number of ether oxygens (including phenoxy) is 2. The van der Waals surface area contributed by atoms with E-state index in [1.807, 2.05) is 0 Å². The van der Waals surface area contributed by atoms with Crippen LogP contribution >= 0.6 is 0 Å². The Morgan fingerprint density at radius 1 is 1.38 bits per heavy atom. The van der Waals surface area contributed by atoms with Crippen molar-refractivity contribution in [2.24, 2.45) is 0 Å². The summed E-state index contributed by atoms with van der Waals surface area (Å²) in [5.41, 5.74) is 0.267. The topological polar surface area (TPSA) is 61.3 Å². The van der Waals surface area contributed by atoms with Crippen molar-refractivity contribution in [2.45, 2.75) is 19.8 Å². The number of hydrogen-bond acceptors (Lipinski definition) is 5. The summed E-state index contributed by atoms with van der Waals surface area (Å²) >= 11 is 0. The van der Waals surface area contributed by atoms with Crippen LogP contribution in [0.3, 0.4) is 0 Å². The first-order valence-electron chi connectivity index (χ1n) is 5.35. The molecule has 1 aromatic rings. The Bertz CT molecular complexity index is 303. The fourth-order valence-corrected chi connectivity index (χ4v) is 1.03. The molecule has 0 saturated heterocycles. The molecule has 0 radical (unpaired) electrons. The minimum atomic E-state index is -0.443. The van der Waals surface area contributed by atoms with E-state index in [9.17, 15) is 4.79 Å². The maximum atomic E-state index is 11.4. The van der Waals surface area contributed by atoms with E-state index in [1.54, 1.807) is 0 Å². The average molecular weight is 224 g/mol. The molecule has 1 aromatic heterocycles. The van der Waals surface area contributed by atoms with Gasteiger partial charge in [-0.3, -0.25) is 0 Å². The zero-order valence-corrected chi connectivity index (χ0v) is 9.39. The third-order valence-corrected chi connectivity index (χ3v) is 1.89. The molecule has 5 nitrogen and oxygen atoms in total. The van der Waals surface area contributed by atoms with Gasteiger partial charge in [-0.15, -0.1) is 0 Å². The third kappa shape index (κ3) is 4.84. The molecule has 0 saturated carbocycles. The van der Waals surface area contributed by atoms with Crippen molar-refractivity contribution in [3.05, 3.63) is 24.3 Å². The molecule has 1 rings (SSSR count). The molecule has 0 fully saturated rings.